The molecule has 0 saturated heterocycles. The molecule has 0 saturated carbocycles. The number of halogens is 1. The van der Waals surface area contributed by atoms with Crippen LogP contribution in [0.3, 0.4) is 0 Å². The van der Waals surface area contributed by atoms with Gasteiger partial charge in [-0.15, -0.1) is 5.10 Å². The van der Waals surface area contributed by atoms with Crippen molar-refractivity contribution in [3.05, 3.63) is 65.4 Å². The molecule has 0 aliphatic carbocycles. The Kier molecular flexibility index (Phi) is 7.21. The molecule has 0 atom stereocenters. The molecule has 152 valence electrons. The molecule has 1 aromatic heterocycles. The van der Waals surface area contributed by atoms with Crippen molar-refractivity contribution in [2.75, 3.05) is 31.6 Å². The number of nitrogens with zero attached hydrogens (tertiary/aromatic N) is 4. The predicted molar refractivity (Wildman–Crippen MR) is 114 cm³/mol. The number of rotatable bonds is 9. The number of para-hydroxylation sites is 1. The Morgan fingerprint density at radius 3 is 2.55 bits per heavy atom. The number of benzene rings is 2. The highest BCUT2D eigenvalue weighted by molar-refractivity contribution is 6.32. The van der Waals surface area contributed by atoms with Crippen molar-refractivity contribution in [1.29, 1.82) is 0 Å². The lowest BCUT2D eigenvalue weighted by atomic mass is 10.3. The van der Waals surface area contributed by atoms with Crippen molar-refractivity contribution < 1.29 is 9.53 Å². The zero-order chi connectivity index (χ0) is 20.6. The van der Waals surface area contributed by atoms with Gasteiger partial charge in [0.15, 0.2) is 5.69 Å². The smallest absolute Gasteiger partial charge is 0.277 e. The second-order valence-corrected chi connectivity index (χ2v) is 6.76. The minimum absolute atomic E-state index is 0.199. The molecular weight excluding hydrogens is 390 g/mol. The molecule has 1 amide bonds. The van der Waals surface area contributed by atoms with Gasteiger partial charge >= 0.3 is 0 Å². The Morgan fingerprint density at radius 2 is 1.86 bits per heavy atom. The lowest BCUT2D eigenvalue weighted by molar-refractivity contribution is 0.102. The lowest BCUT2D eigenvalue weighted by Gasteiger charge is -2.18. The van der Waals surface area contributed by atoms with E-state index in [4.69, 9.17) is 16.3 Å². The highest BCUT2D eigenvalue weighted by Gasteiger charge is 2.13. The van der Waals surface area contributed by atoms with E-state index < -0.39 is 0 Å². The van der Waals surface area contributed by atoms with Crippen molar-refractivity contribution in [2.45, 2.75) is 13.8 Å². The molecule has 29 heavy (non-hydrogen) atoms. The molecule has 1 heterocycles. The first-order valence-electron chi connectivity index (χ1n) is 9.54. The normalized spacial score (nSPS) is 10.9. The third kappa shape index (κ3) is 5.56. The molecule has 1 N–H and O–H groups in total. The van der Waals surface area contributed by atoms with E-state index in [1.807, 2.05) is 24.3 Å². The van der Waals surface area contributed by atoms with E-state index in [1.165, 1.54) is 4.68 Å². The second kappa shape index (κ2) is 10.0. The summed E-state index contributed by atoms with van der Waals surface area (Å²) in [4.78, 5) is 14.7. The summed E-state index contributed by atoms with van der Waals surface area (Å²) in [5, 5.41) is 11.3. The van der Waals surface area contributed by atoms with Crippen LogP contribution in [-0.2, 0) is 0 Å². The summed E-state index contributed by atoms with van der Waals surface area (Å²) in [5.41, 5.74) is 1.51. The summed E-state index contributed by atoms with van der Waals surface area (Å²) in [5.74, 6) is 0.415. The SMILES string of the molecule is CCN(CC)CCOc1ccc(NC(=O)c2cn(-c3ccccc3Cl)nn2)cc1. The van der Waals surface area contributed by atoms with Crippen molar-refractivity contribution in [1.82, 2.24) is 19.9 Å². The van der Waals surface area contributed by atoms with E-state index in [-0.39, 0.29) is 11.6 Å². The average molecular weight is 414 g/mol. The van der Waals surface area contributed by atoms with Gasteiger partial charge in [-0.3, -0.25) is 4.79 Å². The Morgan fingerprint density at radius 1 is 1.14 bits per heavy atom. The number of anilines is 1. The highest BCUT2D eigenvalue weighted by Crippen LogP contribution is 2.19. The van der Waals surface area contributed by atoms with Gasteiger partial charge in [-0.05, 0) is 49.5 Å². The lowest BCUT2D eigenvalue weighted by Crippen LogP contribution is -2.27. The Labute approximate surface area is 175 Å². The van der Waals surface area contributed by atoms with Gasteiger partial charge in [-0.2, -0.15) is 0 Å². The van der Waals surface area contributed by atoms with E-state index in [0.29, 0.717) is 23.0 Å². The summed E-state index contributed by atoms with van der Waals surface area (Å²) in [7, 11) is 0. The molecule has 2 aromatic carbocycles. The first-order valence-corrected chi connectivity index (χ1v) is 9.92. The van der Waals surface area contributed by atoms with Crippen LogP contribution in [-0.4, -0.2) is 52.0 Å². The summed E-state index contributed by atoms with van der Waals surface area (Å²) in [6, 6.07) is 14.5. The zero-order valence-corrected chi connectivity index (χ0v) is 17.3. The van der Waals surface area contributed by atoms with Crippen LogP contribution in [0.1, 0.15) is 24.3 Å². The van der Waals surface area contributed by atoms with Crippen LogP contribution in [0, 0.1) is 0 Å². The molecule has 8 heteroatoms. The Bertz CT molecular complexity index is 938. The van der Waals surface area contributed by atoms with Crippen LogP contribution in [0.4, 0.5) is 5.69 Å². The second-order valence-electron chi connectivity index (χ2n) is 6.35. The molecule has 0 radical (unpaired) electrons. The number of hydrogen-bond acceptors (Lipinski definition) is 5. The quantitative estimate of drug-likeness (QED) is 0.576. The number of amides is 1. The van der Waals surface area contributed by atoms with E-state index in [1.54, 1.807) is 30.5 Å². The standard InChI is InChI=1S/C21H24ClN5O2/c1-3-26(4-2)13-14-29-17-11-9-16(10-12-17)23-21(28)19-15-27(25-24-19)20-8-6-5-7-18(20)22/h5-12,15H,3-4,13-14H2,1-2H3,(H,23,28). The monoisotopic (exact) mass is 413 g/mol. The average Bonchev–Trinajstić information content (AvgIpc) is 3.23. The van der Waals surface area contributed by atoms with Gasteiger partial charge in [0.25, 0.3) is 5.91 Å². The molecule has 0 bridgehead atoms. The maximum Gasteiger partial charge on any atom is 0.277 e. The molecule has 0 aliphatic heterocycles. The van der Waals surface area contributed by atoms with Gasteiger partial charge in [0, 0.05) is 12.2 Å². The number of likely N-dealkylation sites (N-methyl/N-ethyl adjacent to an activating group) is 1. The van der Waals surface area contributed by atoms with Gasteiger partial charge < -0.3 is 15.0 Å². The fourth-order valence-electron chi connectivity index (χ4n) is 2.79. The molecular formula is C21H24ClN5O2. The zero-order valence-electron chi connectivity index (χ0n) is 16.5. The van der Waals surface area contributed by atoms with Crippen LogP contribution >= 0.6 is 11.6 Å². The van der Waals surface area contributed by atoms with Gasteiger partial charge in [-0.1, -0.05) is 42.8 Å². The molecule has 7 nitrogen and oxygen atoms in total. The van der Waals surface area contributed by atoms with Crippen LogP contribution in [0.15, 0.2) is 54.7 Å². The number of aromatic nitrogens is 3. The van der Waals surface area contributed by atoms with Gasteiger partial charge in [0.05, 0.1) is 16.9 Å². The topological polar surface area (TPSA) is 72.3 Å². The Balaban J connectivity index is 1.56. The third-order valence-electron chi connectivity index (χ3n) is 4.51. The minimum atomic E-state index is -0.349. The maximum atomic E-state index is 12.4. The summed E-state index contributed by atoms with van der Waals surface area (Å²) in [6.45, 7) is 7.78. The molecule has 0 unspecified atom stereocenters. The summed E-state index contributed by atoms with van der Waals surface area (Å²) < 4.78 is 7.23. The molecule has 3 rings (SSSR count). The first-order chi connectivity index (χ1) is 14.1. The third-order valence-corrected chi connectivity index (χ3v) is 4.83. The number of nitrogens with one attached hydrogen (secondary N) is 1. The van der Waals surface area contributed by atoms with E-state index in [2.05, 4.69) is 34.4 Å². The van der Waals surface area contributed by atoms with E-state index in [9.17, 15) is 4.79 Å². The number of carbonyl (C=O) groups excluding carboxylic acids is 1. The van der Waals surface area contributed by atoms with Crippen LogP contribution in [0.25, 0.3) is 5.69 Å². The molecule has 3 aromatic rings. The Hall–Kier alpha value is -2.90. The molecule has 0 aliphatic rings. The van der Waals surface area contributed by atoms with Crippen LogP contribution < -0.4 is 10.1 Å². The van der Waals surface area contributed by atoms with Crippen molar-refractivity contribution in [3.8, 4) is 11.4 Å². The number of carbonyl (C=O) groups is 1. The first kappa shape index (κ1) is 20.8. The van der Waals surface area contributed by atoms with Crippen molar-refractivity contribution in [2.24, 2.45) is 0 Å². The molecule has 0 fully saturated rings. The maximum absolute atomic E-state index is 12.4. The van der Waals surface area contributed by atoms with Gasteiger partial charge in [-0.25, -0.2) is 4.68 Å². The van der Waals surface area contributed by atoms with Crippen LogP contribution in [0.2, 0.25) is 5.02 Å². The minimum Gasteiger partial charge on any atom is -0.492 e. The number of ether oxygens (including phenoxy) is 1. The summed E-state index contributed by atoms with van der Waals surface area (Å²) in [6.07, 6.45) is 1.54. The predicted octanol–water partition coefficient (Wildman–Crippen LogP) is 3.89. The fraction of sp³-hybridized carbons (Fsp3) is 0.286. The van der Waals surface area contributed by atoms with E-state index >= 15 is 0 Å². The molecule has 0 spiro atoms. The van der Waals surface area contributed by atoms with Gasteiger partial charge in [0.1, 0.15) is 12.4 Å². The summed E-state index contributed by atoms with van der Waals surface area (Å²) >= 11 is 6.16. The van der Waals surface area contributed by atoms with Gasteiger partial charge in [0.2, 0.25) is 0 Å². The fourth-order valence-corrected chi connectivity index (χ4v) is 3.01. The number of hydrogen-bond donors (Lipinski definition) is 1. The highest BCUT2D eigenvalue weighted by atomic mass is 35.5. The van der Waals surface area contributed by atoms with Crippen molar-refractivity contribution >= 4 is 23.2 Å². The van der Waals surface area contributed by atoms with Crippen molar-refractivity contribution in [3.63, 3.8) is 0 Å². The largest absolute Gasteiger partial charge is 0.492 e. The van der Waals surface area contributed by atoms with Crippen LogP contribution in [0.5, 0.6) is 5.75 Å². The van der Waals surface area contributed by atoms with E-state index in [0.717, 1.165) is 25.4 Å².